The van der Waals surface area contributed by atoms with Gasteiger partial charge in [0.1, 0.15) is 0 Å². The van der Waals surface area contributed by atoms with E-state index < -0.39 is 5.66 Å². The van der Waals surface area contributed by atoms with Crippen molar-refractivity contribution in [1.82, 2.24) is 5.43 Å². The number of hydrogen-bond acceptors (Lipinski definition) is 5. The molecule has 1 heterocycles. The number of thioether (sulfide) groups is 1. The SMILES string of the molecule is CCCC1=NC(/C=N\NC(=S)SC)(Cc2ccccc2)N=C1. The van der Waals surface area contributed by atoms with Gasteiger partial charge in [-0.05, 0) is 18.2 Å². The van der Waals surface area contributed by atoms with Crippen molar-refractivity contribution in [1.29, 1.82) is 0 Å². The van der Waals surface area contributed by atoms with E-state index in [1.54, 1.807) is 6.21 Å². The molecular weight excluding hydrogens is 312 g/mol. The fourth-order valence-electron chi connectivity index (χ4n) is 2.19. The molecule has 0 saturated heterocycles. The first-order valence-corrected chi connectivity index (χ1v) is 8.87. The highest BCUT2D eigenvalue weighted by molar-refractivity contribution is 8.22. The lowest BCUT2D eigenvalue weighted by molar-refractivity contribution is 0.617. The van der Waals surface area contributed by atoms with Crippen molar-refractivity contribution in [2.24, 2.45) is 15.1 Å². The molecule has 1 aromatic carbocycles. The standard InChI is InChI=1S/C16H20N4S2/c1-3-7-14-11-17-16(19-14,12-18-20-15(21)22-2)10-13-8-5-4-6-9-13/h4-6,8-9,11-12H,3,7,10H2,1-2H3,(H,20,21)/b18-12-. The molecule has 1 atom stereocenters. The highest BCUT2D eigenvalue weighted by atomic mass is 32.2. The highest BCUT2D eigenvalue weighted by Crippen LogP contribution is 2.22. The van der Waals surface area contributed by atoms with Gasteiger partial charge < -0.3 is 0 Å². The summed E-state index contributed by atoms with van der Waals surface area (Å²) in [5, 5.41) is 4.23. The third kappa shape index (κ3) is 4.74. The van der Waals surface area contributed by atoms with E-state index in [9.17, 15) is 0 Å². The Hall–Kier alpha value is -1.53. The van der Waals surface area contributed by atoms with Crippen LogP contribution in [0.5, 0.6) is 0 Å². The Balaban J connectivity index is 2.18. The van der Waals surface area contributed by atoms with Gasteiger partial charge in [0.15, 0.2) is 9.98 Å². The molecule has 0 radical (unpaired) electrons. The van der Waals surface area contributed by atoms with Crippen LogP contribution in [-0.2, 0) is 6.42 Å². The summed E-state index contributed by atoms with van der Waals surface area (Å²) in [4.78, 5) is 9.40. The summed E-state index contributed by atoms with van der Waals surface area (Å²) in [6, 6.07) is 10.2. The molecule has 0 saturated carbocycles. The Morgan fingerprint density at radius 2 is 2.18 bits per heavy atom. The maximum absolute atomic E-state index is 5.09. The summed E-state index contributed by atoms with van der Waals surface area (Å²) in [5.41, 5.74) is 4.38. The molecule has 0 aromatic heterocycles. The fourth-order valence-corrected chi connectivity index (χ4v) is 2.39. The maximum Gasteiger partial charge on any atom is 0.191 e. The molecule has 0 spiro atoms. The van der Waals surface area contributed by atoms with Crippen LogP contribution in [0, 0.1) is 0 Å². The molecule has 1 aliphatic heterocycles. The van der Waals surface area contributed by atoms with Crippen LogP contribution >= 0.6 is 24.0 Å². The molecule has 1 unspecified atom stereocenters. The smallest absolute Gasteiger partial charge is 0.191 e. The number of rotatable bonds is 6. The minimum absolute atomic E-state index is 0.630. The number of nitrogens with zero attached hydrogens (tertiary/aromatic N) is 3. The van der Waals surface area contributed by atoms with Crippen molar-refractivity contribution in [2.45, 2.75) is 31.8 Å². The monoisotopic (exact) mass is 332 g/mol. The van der Waals surface area contributed by atoms with E-state index >= 15 is 0 Å². The largest absolute Gasteiger partial charge is 0.262 e. The third-order valence-electron chi connectivity index (χ3n) is 3.20. The number of hydrogen-bond donors (Lipinski definition) is 1. The number of hydrazone groups is 1. The van der Waals surface area contributed by atoms with Gasteiger partial charge in [0.2, 0.25) is 0 Å². The number of thiocarbonyl (C=S) groups is 1. The quantitative estimate of drug-likeness (QED) is 0.493. The molecule has 1 aliphatic rings. The van der Waals surface area contributed by atoms with Crippen LogP contribution in [0.25, 0.3) is 0 Å². The normalized spacial score (nSPS) is 20.4. The van der Waals surface area contributed by atoms with E-state index in [-0.39, 0.29) is 0 Å². The van der Waals surface area contributed by atoms with Crippen molar-refractivity contribution < 1.29 is 0 Å². The Bertz CT molecular complexity index is 595. The molecular formula is C16H20N4S2. The van der Waals surface area contributed by atoms with Crippen LogP contribution in [0.4, 0.5) is 0 Å². The molecule has 4 nitrogen and oxygen atoms in total. The maximum atomic E-state index is 5.09. The van der Waals surface area contributed by atoms with Gasteiger partial charge in [0, 0.05) is 12.6 Å². The number of benzene rings is 1. The summed E-state index contributed by atoms with van der Waals surface area (Å²) in [7, 11) is 0. The zero-order valence-corrected chi connectivity index (χ0v) is 14.5. The minimum atomic E-state index is -0.660. The Morgan fingerprint density at radius 3 is 2.86 bits per heavy atom. The van der Waals surface area contributed by atoms with Crippen LogP contribution in [0.15, 0.2) is 45.4 Å². The summed E-state index contributed by atoms with van der Waals surface area (Å²) < 4.78 is 0.630. The summed E-state index contributed by atoms with van der Waals surface area (Å²) in [6.45, 7) is 2.14. The minimum Gasteiger partial charge on any atom is -0.262 e. The lowest BCUT2D eigenvalue weighted by atomic mass is 10.0. The van der Waals surface area contributed by atoms with Crippen molar-refractivity contribution in [3.05, 3.63) is 35.9 Å². The molecule has 0 aliphatic carbocycles. The number of nitrogens with one attached hydrogen (secondary N) is 1. The second kappa shape index (κ2) is 8.19. The average Bonchev–Trinajstić information content (AvgIpc) is 2.91. The lowest BCUT2D eigenvalue weighted by Gasteiger charge is -2.18. The van der Waals surface area contributed by atoms with Crippen molar-refractivity contribution in [3.8, 4) is 0 Å². The molecule has 22 heavy (non-hydrogen) atoms. The van der Waals surface area contributed by atoms with E-state index in [2.05, 4.69) is 34.6 Å². The Morgan fingerprint density at radius 1 is 1.41 bits per heavy atom. The lowest BCUT2D eigenvalue weighted by Crippen LogP contribution is -2.29. The summed E-state index contributed by atoms with van der Waals surface area (Å²) in [5.74, 6) is 0. The van der Waals surface area contributed by atoms with Gasteiger partial charge in [0.25, 0.3) is 0 Å². The van der Waals surface area contributed by atoms with Crippen molar-refractivity contribution >= 4 is 46.4 Å². The van der Waals surface area contributed by atoms with E-state index in [4.69, 9.17) is 17.2 Å². The van der Waals surface area contributed by atoms with Gasteiger partial charge in [0.05, 0.1) is 11.9 Å². The molecule has 0 amide bonds. The molecule has 2 rings (SSSR count). The van der Waals surface area contributed by atoms with Crippen molar-refractivity contribution in [2.75, 3.05) is 6.26 Å². The van der Waals surface area contributed by atoms with Gasteiger partial charge in [-0.2, -0.15) is 5.10 Å². The predicted octanol–water partition coefficient (Wildman–Crippen LogP) is 3.47. The van der Waals surface area contributed by atoms with Gasteiger partial charge >= 0.3 is 0 Å². The second-order valence-electron chi connectivity index (χ2n) is 5.01. The van der Waals surface area contributed by atoms with Crippen LogP contribution in [0.2, 0.25) is 0 Å². The molecule has 116 valence electrons. The van der Waals surface area contributed by atoms with Gasteiger partial charge in [-0.1, -0.05) is 67.7 Å². The van der Waals surface area contributed by atoms with E-state index in [1.807, 2.05) is 30.7 Å². The molecule has 1 N–H and O–H groups in total. The van der Waals surface area contributed by atoms with Gasteiger partial charge in [-0.15, -0.1) is 0 Å². The van der Waals surface area contributed by atoms with E-state index in [0.29, 0.717) is 10.7 Å². The third-order valence-corrected chi connectivity index (χ3v) is 4.25. The second-order valence-corrected chi connectivity index (χ2v) is 6.50. The fraction of sp³-hybridized carbons (Fsp3) is 0.375. The van der Waals surface area contributed by atoms with Crippen LogP contribution in [0.3, 0.4) is 0 Å². The predicted molar refractivity (Wildman–Crippen MR) is 101 cm³/mol. The topological polar surface area (TPSA) is 49.1 Å². The highest BCUT2D eigenvalue weighted by Gasteiger charge is 2.30. The number of aliphatic imine (C=N–C) groups is 2. The van der Waals surface area contributed by atoms with Crippen LogP contribution in [0.1, 0.15) is 25.3 Å². The summed E-state index contributed by atoms with van der Waals surface area (Å²) in [6.07, 6.45) is 8.21. The first-order valence-electron chi connectivity index (χ1n) is 7.23. The molecule has 0 bridgehead atoms. The zero-order valence-electron chi connectivity index (χ0n) is 12.8. The average molecular weight is 332 g/mol. The molecule has 0 fully saturated rings. The Labute approximate surface area is 141 Å². The van der Waals surface area contributed by atoms with Crippen LogP contribution < -0.4 is 5.43 Å². The van der Waals surface area contributed by atoms with Gasteiger partial charge in [-0.25, -0.2) is 0 Å². The van der Waals surface area contributed by atoms with E-state index in [1.165, 1.54) is 17.3 Å². The zero-order chi connectivity index (χ0) is 15.8. The Kier molecular flexibility index (Phi) is 6.27. The van der Waals surface area contributed by atoms with Crippen molar-refractivity contribution in [3.63, 3.8) is 0 Å². The van der Waals surface area contributed by atoms with Crippen LogP contribution in [-0.4, -0.2) is 34.4 Å². The summed E-state index contributed by atoms with van der Waals surface area (Å²) >= 11 is 6.54. The first-order chi connectivity index (χ1) is 10.7. The van der Waals surface area contributed by atoms with Gasteiger partial charge in [-0.3, -0.25) is 15.4 Å². The molecule has 6 heteroatoms. The van der Waals surface area contributed by atoms with E-state index in [0.717, 1.165) is 18.6 Å². The molecule has 1 aromatic rings. The first kappa shape index (κ1) is 16.8.